The number of hydrogen-bond acceptors (Lipinski definition) is 3. The maximum atomic E-state index is 6.03. The van der Waals surface area contributed by atoms with E-state index in [4.69, 9.17) is 17.3 Å². The molecule has 0 fully saturated rings. The van der Waals surface area contributed by atoms with Gasteiger partial charge in [0.05, 0.1) is 22.5 Å². The first-order valence-corrected chi connectivity index (χ1v) is 5.38. The summed E-state index contributed by atoms with van der Waals surface area (Å²) < 4.78 is 1.76. The van der Waals surface area contributed by atoms with E-state index in [2.05, 4.69) is 10.1 Å². The molecule has 0 saturated carbocycles. The fourth-order valence-electron chi connectivity index (χ4n) is 1.51. The lowest BCUT2D eigenvalue weighted by Crippen LogP contribution is -2.15. The van der Waals surface area contributed by atoms with Crippen molar-refractivity contribution in [3.8, 4) is 0 Å². The Morgan fingerprint density at radius 2 is 2.25 bits per heavy atom. The van der Waals surface area contributed by atoms with Gasteiger partial charge >= 0.3 is 0 Å². The summed E-state index contributed by atoms with van der Waals surface area (Å²) in [5, 5.41) is 4.90. The Morgan fingerprint density at radius 3 is 2.81 bits per heavy atom. The molecule has 0 bridgehead atoms. The van der Waals surface area contributed by atoms with Crippen LogP contribution in [0, 0.1) is 0 Å². The number of pyridine rings is 1. The maximum absolute atomic E-state index is 6.03. The van der Waals surface area contributed by atoms with E-state index in [-0.39, 0.29) is 6.04 Å². The van der Waals surface area contributed by atoms with Crippen molar-refractivity contribution in [3.63, 3.8) is 0 Å². The molecule has 0 spiro atoms. The molecule has 0 aliphatic carbocycles. The molecule has 0 radical (unpaired) electrons. The molecule has 2 rings (SSSR count). The second kappa shape index (κ2) is 4.63. The van der Waals surface area contributed by atoms with Gasteiger partial charge in [-0.25, -0.2) is 0 Å². The first-order chi connectivity index (χ1) is 7.65. The van der Waals surface area contributed by atoms with E-state index in [1.807, 2.05) is 25.4 Å². The van der Waals surface area contributed by atoms with E-state index in [1.165, 1.54) is 0 Å². The third-order valence-corrected chi connectivity index (χ3v) is 2.55. The summed E-state index contributed by atoms with van der Waals surface area (Å²) in [7, 11) is 1.88. The molecule has 2 aromatic heterocycles. The van der Waals surface area contributed by atoms with Crippen LogP contribution in [0.3, 0.4) is 0 Å². The van der Waals surface area contributed by atoms with Gasteiger partial charge in [0, 0.05) is 25.9 Å². The molecule has 2 heterocycles. The lowest BCUT2D eigenvalue weighted by atomic mass is 10.1. The number of aryl methyl sites for hydroxylation is 1. The number of aromatic nitrogens is 3. The number of rotatable bonds is 3. The van der Waals surface area contributed by atoms with E-state index in [1.54, 1.807) is 16.9 Å². The predicted molar refractivity (Wildman–Crippen MR) is 63.1 cm³/mol. The molecule has 0 amide bonds. The van der Waals surface area contributed by atoms with Gasteiger partial charge < -0.3 is 5.73 Å². The molecule has 2 aromatic rings. The van der Waals surface area contributed by atoms with Gasteiger partial charge in [0.1, 0.15) is 0 Å². The molecule has 16 heavy (non-hydrogen) atoms. The zero-order valence-corrected chi connectivity index (χ0v) is 9.72. The van der Waals surface area contributed by atoms with Crippen molar-refractivity contribution in [2.45, 2.75) is 12.5 Å². The quantitative estimate of drug-likeness (QED) is 0.883. The average molecular weight is 237 g/mol. The zero-order chi connectivity index (χ0) is 11.5. The van der Waals surface area contributed by atoms with Crippen LogP contribution in [0.2, 0.25) is 5.02 Å². The van der Waals surface area contributed by atoms with Crippen LogP contribution in [0.15, 0.2) is 30.6 Å². The standard InChI is InChI=1S/C11H13ClN4/c1-16-5-4-9(15-16)6-10(13)11-3-2-8(12)7-14-11/h2-5,7,10H,6,13H2,1H3. The Bertz CT molecular complexity index is 463. The minimum Gasteiger partial charge on any atom is -0.322 e. The molecule has 84 valence electrons. The van der Waals surface area contributed by atoms with Crippen molar-refractivity contribution in [3.05, 3.63) is 47.0 Å². The van der Waals surface area contributed by atoms with E-state index in [0.29, 0.717) is 11.4 Å². The third-order valence-electron chi connectivity index (χ3n) is 2.33. The summed E-state index contributed by atoms with van der Waals surface area (Å²) in [4.78, 5) is 4.19. The molecule has 0 aromatic carbocycles. The summed E-state index contributed by atoms with van der Waals surface area (Å²) in [6.07, 6.45) is 4.18. The fourth-order valence-corrected chi connectivity index (χ4v) is 1.62. The monoisotopic (exact) mass is 236 g/mol. The van der Waals surface area contributed by atoms with Gasteiger partial charge in [0.15, 0.2) is 0 Å². The second-order valence-corrected chi connectivity index (χ2v) is 4.13. The van der Waals surface area contributed by atoms with Gasteiger partial charge in [-0.05, 0) is 18.2 Å². The summed E-state index contributed by atoms with van der Waals surface area (Å²) in [6, 6.07) is 5.45. The molecule has 4 nitrogen and oxygen atoms in total. The lowest BCUT2D eigenvalue weighted by molar-refractivity contribution is 0.660. The first kappa shape index (κ1) is 11.1. The van der Waals surface area contributed by atoms with Crippen LogP contribution in [0.25, 0.3) is 0 Å². The molecular formula is C11H13ClN4. The zero-order valence-electron chi connectivity index (χ0n) is 8.97. The van der Waals surface area contributed by atoms with Crippen molar-refractivity contribution in [2.24, 2.45) is 12.8 Å². The number of halogens is 1. The van der Waals surface area contributed by atoms with E-state index >= 15 is 0 Å². The topological polar surface area (TPSA) is 56.7 Å². The SMILES string of the molecule is Cn1ccc(CC(N)c2ccc(Cl)cn2)n1. The Labute approximate surface area is 99.1 Å². The highest BCUT2D eigenvalue weighted by Crippen LogP contribution is 2.14. The molecule has 0 saturated heterocycles. The highest BCUT2D eigenvalue weighted by atomic mass is 35.5. The van der Waals surface area contributed by atoms with Crippen molar-refractivity contribution in [1.82, 2.24) is 14.8 Å². The first-order valence-electron chi connectivity index (χ1n) is 5.00. The third kappa shape index (κ3) is 2.59. The van der Waals surface area contributed by atoms with E-state index in [0.717, 1.165) is 11.4 Å². The summed E-state index contributed by atoms with van der Waals surface area (Å²) >= 11 is 5.76. The molecular weight excluding hydrogens is 224 g/mol. The minimum absolute atomic E-state index is 0.146. The Balaban J connectivity index is 2.08. The highest BCUT2D eigenvalue weighted by molar-refractivity contribution is 6.30. The number of nitrogens with zero attached hydrogens (tertiary/aromatic N) is 3. The molecule has 0 aliphatic heterocycles. The lowest BCUT2D eigenvalue weighted by Gasteiger charge is -2.08. The van der Waals surface area contributed by atoms with Gasteiger partial charge in [-0.1, -0.05) is 11.6 Å². The minimum atomic E-state index is -0.146. The van der Waals surface area contributed by atoms with E-state index < -0.39 is 0 Å². The Kier molecular flexibility index (Phi) is 3.22. The van der Waals surface area contributed by atoms with Gasteiger partial charge in [-0.2, -0.15) is 5.10 Å². The second-order valence-electron chi connectivity index (χ2n) is 3.69. The molecule has 1 unspecified atom stereocenters. The Morgan fingerprint density at radius 1 is 1.44 bits per heavy atom. The Hall–Kier alpha value is -1.39. The summed E-state index contributed by atoms with van der Waals surface area (Å²) in [6.45, 7) is 0. The van der Waals surface area contributed by atoms with Crippen molar-refractivity contribution in [1.29, 1.82) is 0 Å². The van der Waals surface area contributed by atoms with Gasteiger partial charge in [0.25, 0.3) is 0 Å². The molecule has 0 aliphatic rings. The normalized spacial score (nSPS) is 12.7. The number of nitrogens with two attached hydrogens (primary N) is 1. The van der Waals surface area contributed by atoms with Crippen LogP contribution >= 0.6 is 11.6 Å². The van der Waals surface area contributed by atoms with Crippen LogP contribution in [-0.4, -0.2) is 14.8 Å². The summed E-state index contributed by atoms with van der Waals surface area (Å²) in [5.74, 6) is 0. The van der Waals surface area contributed by atoms with Gasteiger partial charge in [0.2, 0.25) is 0 Å². The average Bonchev–Trinajstić information content (AvgIpc) is 2.65. The van der Waals surface area contributed by atoms with Crippen LogP contribution in [0.4, 0.5) is 0 Å². The predicted octanol–water partition coefficient (Wildman–Crippen LogP) is 1.71. The van der Waals surface area contributed by atoms with Crippen molar-refractivity contribution in [2.75, 3.05) is 0 Å². The van der Waals surface area contributed by atoms with Crippen LogP contribution in [0.1, 0.15) is 17.4 Å². The molecule has 2 N–H and O–H groups in total. The van der Waals surface area contributed by atoms with Crippen molar-refractivity contribution >= 4 is 11.6 Å². The highest BCUT2D eigenvalue weighted by Gasteiger charge is 2.09. The maximum Gasteiger partial charge on any atom is 0.0643 e. The van der Waals surface area contributed by atoms with E-state index in [9.17, 15) is 0 Å². The van der Waals surface area contributed by atoms with Gasteiger partial charge in [-0.3, -0.25) is 9.67 Å². The van der Waals surface area contributed by atoms with Crippen LogP contribution < -0.4 is 5.73 Å². The fraction of sp³-hybridized carbons (Fsp3) is 0.273. The summed E-state index contributed by atoms with van der Waals surface area (Å²) in [5.41, 5.74) is 7.82. The van der Waals surface area contributed by atoms with Crippen LogP contribution in [0.5, 0.6) is 0 Å². The molecule has 1 atom stereocenters. The smallest absolute Gasteiger partial charge is 0.0643 e. The van der Waals surface area contributed by atoms with Crippen molar-refractivity contribution < 1.29 is 0 Å². The number of hydrogen-bond donors (Lipinski definition) is 1. The molecule has 5 heteroatoms. The van der Waals surface area contributed by atoms with Gasteiger partial charge in [-0.15, -0.1) is 0 Å². The van der Waals surface area contributed by atoms with Crippen LogP contribution in [-0.2, 0) is 13.5 Å². The largest absolute Gasteiger partial charge is 0.322 e.